The molecular weight excluding hydrogens is 342 g/mol. The molecular formula is C13H19N3O5S2. The average molecular weight is 361 g/mol. The maximum Gasteiger partial charge on any atom is 0.323 e. The summed E-state index contributed by atoms with van der Waals surface area (Å²) in [6.45, 7) is 1.76. The summed E-state index contributed by atoms with van der Waals surface area (Å²) in [6, 6.07) is -0.302. The molecule has 8 nitrogen and oxygen atoms in total. The van der Waals surface area contributed by atoms with E-state index in [4.69, 9.17) is 5.11 Å². The molecule has 2 heterocycles. The van der Waals surface area contributed by atoms with E-state index < -0.39 is 28.4 Å². The normalized spacial score (nSPS) is 17.1. The van der Waals surface area contributed by atoms with Crippen molar-refractivity contribution < 1.29 is 23.1 Å². The van der Waals surface area contributed by atoms with E-state index in [0.717, 1.165) is 0 Å². The van der Waals surface area contributed by atoms with E-state index in [1.54, 1.807) is 12.3 Å². The van der Waals surface area contributed by atoms with Gasteiger partial charge in [-0.3, -0.25) is 9.59 Å². The minimum Gasteiger partial charge on any atom is -0.480 e. The SMILES string of the molecule is CCS(=O)(=O)N1CCC(N(CC(=O)O)C(=O)c2cscn2)CC1. The third kappa shape index (κ3) is 4.27. The summed E-state index contributed by atoms with van der Waals surface area (Å²) < 4.78 is 25.1. The van der Waals surface area contributed by atoms with Gasteiger partial charge in [-0.2, -0.15) is 0 Å². The molecule has 0 bridgehead atoms. The Hall–Kier alpha value is -1.52. The first-order chi connectivity index (χ1) is 10.8. The summed E-state index contributed by atoms with van der Waals surface area (Å²) in [4.78, 5) is 28.7. The number of thiazole rings is 1. The molecule has 1 aliphatic rings. The van der Waals surface area contributed by atoms with Crippen molar-refractivity contribution in [3.8, 4) is 0 Å². The minimum absolute atomic E-state index is 0.0360. The van der Waals surface area contributed by atoms with Crippen molar-refractivity contribution in [3.05, 3.63) is 16.6 Å². The lowest BCUT2D eigenvalue weighted by molar-refractivity contribution is -0.138. The van der Waals surface area contributed by atoms with Gasteiger partial charge in [-0.15, -0.1) is 11.3 Å². The second-order valence-corrected chi connectivity index (χ2v) is 8.21. The number of carbonyl (C=O) groups excluding carboxylic acids is 1. The molecule has 1 aromatic rings. The van der Waals surface area contributed by atoms with Crippen LogP contribution in [0.5, 0.6) is 0 Å². The molecule has 1 aromatic heterocycles. The quantitative estimate of drug-likeness (QED) is 0.790. The predicted molar refractivity (Wildman–Crippen MR) is 84.8 cm³/mol. The van der Waals surface area contributed by atoms with Gasteiger partial charge in [0, 0.05) is 24.5 Å². The van der Waals surface area contributed by atoms with E-state index in [0.29, 0.717) is 25.9 Å². The first-order valence-electron chi connectivity index (χ1n) is 7.24. The topological polar surface area (TPSA) is 108 Å². The molecule has 0 atom stereocenters. The molecule has 1 saturated heterocycles. The summed E-state index contributed by atoms with van der Waals surface area (Å²) in [7, 11) is -3.25. The first kappa shape index (κ1) is 17.8. The summed E-state index contributed by atoms with van der Waals surface area (Å²) in [5.74, 6) is -1.49. The molecule has 0 radical (unpaired) electrons. The number of hydrogen-bond acceptors (Lipinski definition) is 6. The molecule has 0 saturated carbocycles. The lowest BCUT2D eigenvalue weighted by atomic mass is 10.0. The molecule has 1 amide bonds. The third-order valence-electron chi connectivity index (χ3n) is 3.84. The number of carboxylic acids is 1. The zero-order valence-electron chi connectivity index (χ0n) is 12.7. The van der Waals surface area contributed by atoms with Crippen LogP contribution in [0.3, 0.4) is 0 Å². The molecule has 0 unspecified atom stereocenters. The summed E-state index contributed by atoms with van der Waals surface area (Å²) in [6.07, 6.45) is 0.838. The van der Waals surface area contributed by atoms with E-state index in [-0.39, 0.29) is 17.5 Å². The Labute approximate surface area is 138 Å². The smallest absolute Gasteiger partial charge is 0.323 e. The van der Waals surface area contributed by atoms with Crippen molar-refractivity contribution >= 4 is 33.2 Å². The van der Waals surface area contributed by atoms with Crippen LogP contribution in [0, 0.1) is 0 Å². The molecule has 2 rings (SSSR count). The summed E-state index contributed by atoms with van der Waals surface area (Å²) >= 11 is 1.26. The minimum atomic E-state index is -3.25. The summed E-state index contributed by atoms with van der Waals surface area (Å²) in [5.41, 5.74) is 1.74. The number of hydrogen-bond donors (Lipinski definition) is 1. The fourth-order valence-corrected chi connectivity index (χ4v) is 4.25. The van der Waals surface area contributed by atoms with Crippen molar-refractivity contribution in [2.24, 2.45) is 0 Å². The average Bonchev–Trinajstić information content (AvgIpc) is 3.06. The van der Waals surface area contributed by atoms with Crippen molar-refractivity contribution in [1.29, 1.82) is 0 Å². The Bertz CT molecular complexity index is 651. The Kier molecular flexibility index (Phi) is 5.71. The monoisotopic (exact) mass is 361 g/mol. The van der Waals surface area contributed by atoms with Crippen molar-refractivity contribution in [1.82, 2.24) is 14.2 Å². The fourth-order valence-electron chi connectivity index (χ4n) is 2.59. The molecule has 23 heavy (non-hydrogen) atoms. The second-order valence-electron chi connectivity index (χ2n) is 5.23. The van der Waals surface area contributed by atoms with Crippen LogP contribution in [0.25, 0.3) is 0 Å². The van der Waals surface area contributed by atoms with E-state index in [9.17, 15) is 18.0 Å². The van der Waals surface area contributed by atoms with Gasteiger partial charge in [0.2, 0.25) is 10.0 Å². The number of carboxylic acid groups (broad SMARTS) is 1. The highest BCUT2D eigenvalue weighted by Crippen LogP contribution is 2.21. The Morgan fingerprint density at radius 2 is 2.09 bits per heavy atom. The second kappa shape index (κ2) is 7.37. The van der Waals surface area contributed by atoms with Crippen LogP contribution in [-0.4, -0.2) is 71.0 Å². The number of rotatable bonds is 6. The highest BCUT2D eigenvalue weighted by Gasteiger charge is 2.33. The van der Waals surface area contributed by atoms with Crippen LogP contribution in [0.15, 0.2) is 10.9 Å². The van der Waals surface area contributed by atoms with Gasteiger partial charge in [0.05, 0.1) is 11.3 Å². The van der Waals surface area contributed by atoms with E-state index in [1.807, 2.05) is 0 Å². The number of amides is 1. The Balaban J connectivity index is 2.10. The lowest BCUT2D eigenvalue weighted by Crippen LogP contribution is -2.50. The largest absolute Gasteiger partial charge is 0.480 e. The van der Waals surface area contributed by atoms with Gasteiger partial charge in [0.25, 0.3) is 5.91 Å². The van der Waals surface area contributed by atoms with Gasteiger partial charge in [0.15, 0.2) is 0 Å². The van der Waals surface area contributed by atoms with Crippen molar-refractivity contribution in [2.45, 2.75) is 25.8 Å². The van der Waals surface area contributed by atoms with E-state index in [2.05, 4.69) is 4.98 Å². The van der Waals surface area contributed by atoms with Crippen LogP contribution in [0.1, 0.15) is 30.3 Å². The molecule has 1 N–H and O–H groups in total. The highest BCUT2D eigenvalue weighted by molar-refractivity contribution is 7.89. The van der Waals surface area contributed by atoms with Crippen molar-refractivity contribution in [3.63, 3.8) is 0 Å². The molecule has 0 aliphatic carbocycles. The Morgan fingerprint density at radius 1 is 1.43 bits per heavy atom. The van der Waals surface area contributed by atoms with Gasteiger partial charge in [0.1, 0.15) is 12.2 Å². The number of carbonyl (C=O) groups is 2. The number of aromatic nitrogens is 1. The molecule has 10 heteroatoms. The molecule has 0 aromatic carbocycles. The fraction of sp³-hybridized carbons (Fsp3) is 0.615. The summed E-state index contributed by atoms with van der Waals surface area (Å²) in [5, 5.41) is 10.6. The highest BCUT2D eigenvalue weighted by atomic mass is 32.2. The van der Waals surface area contributed by atoms with Crippen molar-refractivity contribution in [2.75, 3.05) is 25.4 Å². The number of nitrogens with zero attached hydrogens (tertiary/aromatic N) is 3. The van der Waals surface area contributed by atoms with Gasteiger partial charge < -0.3 is 10.0 Å². The molecule has 1 fully saturated rings. The first-order valence-corrected chi connectivity index (χ1v) is 9.79. The number of sulfonamides is 1. The lowest BCUT2D eigenvalue weighted by Gasteiger charge is -2.37. The van der Waals surface area contributed by atoms with Crippen LogP contribution >= 0.6 is 11.3 Å². The maximum atomic E-state index is 12.5. The predicted octanol–water partition coefficient (Wildman–Crippen LogP) is 0.484. The van der Waals surface area contributed by atoms with E-state index >= 15 is 0 Å². The maximum absolute atomic E-state index is 12.5. The number of aliphatic carboxylic acids is 1. The van der Waals surface area contributed by atoms with Crippen LogP contribution < -0.4 is 0 Å². The van der Waals surface area contributed by atoms with Gasteiger partial charge >= 0.3 is 5.97 Å². The zero-order chi connectivity index (χ0) is 17.0. The number of piperidine rings is 1. The van der Waals surface area contributed by atoms with Gasteiger partial charge in [-0.05, 0) is 19.8 Å². The van der Waals surface area contributed by atoms with Crippen LogP contribution in [0.2, 0.25) is 0 Å². The third-order valence-corrected chi connectivity index (χ3v) is 6.31. The molecule has 128 valence electrons. The Morgan fingerprint density at radius 3 is 2.57 bits per heavy atom. The van der Waals surface area contributed by atoms with Crippen LogP contribution in [0.4, 0.5) is 0 Å². The van der Waals surface area contributed by atoms with Crippen LogP contribution in [-0.2, 0) is 14.8 Å². The standard InChI is InChI=1S/C13H19N3O5S2/c1-2-23(20,21)15-5-3-10(4-6-15)16(7-12(17)18)13(19)11-8-22-9-14-11/h8-10H,2-7H2,1H3,(H,17,18). The zero-order valence-corrected chi connectivity index (χ0v) is 14.3. The van der Waals surface area contributed by atoms with Gasteiger partial charge in [-0.25, -0.2) is 17.7 Å². The van der Waals surface area contributed by atoms with E-state index in [1.165, 1.54) is 26.1 Å². The molecule has 1 aliphatic heterocycles. The molecule has 0 spiro atoms. The van der Waals surface area contributed by atoms with Gasteiger partial charge in [-0.1, -0.05) is 0 Å².